The number of ether oxygens (including phenoxy) is 2. The first-order valence-electron chi connectivity index (χ1n) is 33.8. The molecule has 0 amide bonds. The highest BCUT2D eigenvalue weighted by Gasteiger charge is 2.16. The van der Waals surface area contributed by atoms with Crippen molar-refractivity contribution in [1.29, 1.82) is 0 Å². The van der Waals surface area contributed by atoms with Gasteiger partial charge in [0.25, 0.3) is 0 Å². The van der Waals surface area contributed by atoms with Gasteiger partial charge in [0.2, 0.25) is 0 Å². The van der Waals surface area contributed by atoms with E-state index in [2.05, 4.69) is 111 Å². The van der Waals surface area contributed by atoms with Crippen molar-refractivity contribution in [3.8, 4) is 0 Å². The van der Waals surface area contributed by atoms with Gasteiger partial charge in [-0.15, -0.1) is 0 Å². The second kappa shape index (κ2) is 68.1. The summed E-state index contributed by atoms with van der Waals surface area (Å²) in [6.45, 7) is 4.05. The Morgan fingerprint density at radius 2 is 0.551 bits per heavy atom. The van der Waals surface area contributed by atoms with E-state index in [-0.39, 0.29) is 25.2 Å². The van der Waals surface area contributed by atoms with Crippen molar-refractivity contribution in [2.45, 2.75) is 341 Å². The number of aliphatic hydroxyl groups excluding tert-OH is 1. The van der Waals surface area contributed by atoms with E-state index in [0.29, 0.717) is 12.8 Å². The zero-order chi connectivity index (χ0) is 56.2. The van der Waals surface area contributed by atoms with Crippen LogP contribution in [0.1, 0.15) is 335 Å². The van der Waals surface area contributed by atoms with Crippen LogP contribution in [0, 0.1) is 0 Å². The van der Waals surface area contributed by atoms with E-state index in [9.17, 15) is 14.7 Å². The molecule has 0 spiro atoms. The van der Waals surface area contributed by atoms with Crippen LogP contribution in [0.3, 0.4) is 0 Å². The molecule has 1 atom stereocenters. The van der Waals surface area contributed by atoms with Gasteiger partial charge >= 0.3 is 11.9 Å². The molecule has 0 saturated heterocycles. The van der Waals surface area contributed by atoms with Gasteiger partial charge in [0.1, 0.15) is 6.61 Å². The molecule has 0 aromatic carbocycles. The molecule has 0 rings (SSSR count). The van der Waals surface area contributed by atoms with Crippen LogP contribution in [0.25, 0.3) is 0 Å². The summed E-state index contributed by atoms with van der Waals surface area (Å²) in [4.78, 5) is 24.6. The van der Waals surface area contributed by atoms with Gasteiger partial charge in [0.15, 0.2) is 6.10 Å². The first-order chi connectivity index (χ1) is 38.6. The molecule has 5 nitrogen and oxygen atoms in total. The van der Waals surface area contributed by atoms with Crippen LogP contribution in [0.15, 0.2) is 97.2 Å². The van der Waals surface area contributed by atoms with Crippen LogP contribution in [-0.4, -0.2) is 36.4 Å². The van der Waals surface area contributed by atoms with Crippen LogP contribution in [0.4, 0.5) is 0 Å². The standard InChI is InChI=1S/C73H128O5/c1-3-5-7-9-11-13-15-17-19-21-23-25-27-28-29-30-31-32-33-34-35-36-37-38-39-40-41-42-43-44-46-48-50-52-54-56-58-60-62-64-66-68-73(76)78-71(69-74)70-77-72(75)67-65-63-61-59-57-55-53-51-49-47-45-26-24-22-20-18-16-14-12-10-8-6-4-2/h5,7,11,13,16-19,22-25,28-29,31-32,71,74H,3-4,6,8-10,12,14-15,20-21,26-27,30,33-70H2,1-2H3/b7-5-,13-11-,18-16-,19-17-,24-22-,25-23-,29-28-,32-31-. The Labute approximate surface area is 485 Å². The topological polar surface area (TPSA) is 72.8 Å². The molecular formula is C73H128O5. The summed E-state index contributed by atoms with van der Waals surface area (Å²) in [7, 11) is 0. The molecule has 0 aliphatic rings. The van der Waals surface area contributed by atoms with Gasteiger partial charge in [-0.1, -0.05) is 323 Å². The number of unbranched alkanes of at least 4 members (excludes halogenated alkanes) is 38. The van der Waals surface area contributed by atoms with E-state index in [1.807, 2.05) is 0 Å². The fraction of sp³-hybridized carbons (Fsp3) is 0.753. The Balaban J connectivity index is 3.43. The number of carbonyl (C=O) groups is 2. The minimum atomic E-state index is -0.775. The summed E-state index contributed by atoms with van der Waals surface area (Å²) in [5, 5.41) is 9.69. The minimum absolute atomic E-state index is 0.0657. The summed E-state index contributed by atoms with van der Waals surface area (Å²) < 4.78 is 10.7. The lowest BCUT2D eigenvalue weighted by Crippen LogP contribution is -2.28. The van der Waals surface area contributed by atoms with Crippen molar-refractivity contribution in [3.63, 3.8) is 0 Å². The minimum Gasteiger partial charge on any atom is -0.462 e. The molecule has 78 heavy (non-hydrogen) atoms. The summed E-state index contributed by atoms with van der Waals surface area (Å²) >= 11 is 0. The Kier molecular flexibility index (Phi) is 65.3. The van der Waals surface area contributed by atoms with E-state index < -0.39 is 6.10 Å². The fourth-order valence-electron chi connectivity index (χ4n) is 9.83. The largest absolute Gasteiger partial charge is 0.462 e. The van der Waals surface area contributed by atoms with Crippen LogP contribution in [0.2, 0.25) is 0 Å². The van der Waals surface area contributed by atoms with E-state index >= 15 is 0 Å². The van der Waals surface area contributed by atoms with E-state index in [0.717, 1.165) is 83.5 Å². The van der Waals surface area contributed by atoms with Gasteiger partial charge in [-0.3, -0.25) is 9.59 Å². The average Bonchev–Trinajstić information content (AvgIpc) is 3.44. The van der Waals surface area contributed by atoms with Gasteiger partial charge in [-0.05, 0) is 96.3 Å². The second-order valence-electron chi connectivity index (χ2n) is 22.5. The van der Waals surface area contributed by atoms with Crippen LogP contribution in [-0.2, 0) is 19.1 Å². The maximum absolute atomic E-state index is 12.4. The molecule has 0 bridgehead atoms. The molecule has 0 fully saturated rings. The predicted octanol–water partition coefficient (Wildman–Crippen LogP) is 23.4. The second-order valence-corrected chi connectivity index (χ2v) is 22.5. The normalized spacial score (nSPS) is 12.8. The first kappa shape index (κ1) is 74.8. The maximum Gasteiger partial charge on any atom is 0.306 e. The monoisotopic (exact) mass is 1080 g/mol. The summed E-state index contributed by atoms with van der Waals surface area (Å²) in [6, 6.07) is 0. The highest BCUT2D eigenvalue weighted by Crippen LogP contribution is 2.18. The van der Waals surface area contributed by atoms with Gasteiger partial charge in [0.05, 0.1) is 6.61 Å². The summed E-state index contributed by atoms with van der Waals surface area (Å²) in [5.74, 6) is -0.579. The molecule has 0 aromatic rings. The number of carbonyl (C=O) groups excluding carboxylic acids is 2. The maximum atomic E-state index is 12.4. The zero-order valence-corrected chi connectivity index (χ0v) is 51.7. The third kappa shape index (κ3) is 65.3. The molecule has 5 heteroatoms. The van der Waals surface area contributed by atoms with E-state index in [4.69, 9.17) is 9.47 Å². The van der Waals surface area contributed by atoms with Gasteiger partial charge in [-0.25, -0.2) is 0 Å². The lowest BCUT2D eigenvalue weighted by atomic mass is 10.0. The van der Waals surface area contributed by atoms with Gasteiger partial charge in [-0.2, -0.15) is 0 Å². The Bertz CT molecular complexity index is 1460. The molecular weight excluding hydrogens is 957 g/mol. The first-order valence-corrected chi connectivity index (χ1v) is 33.8. The van der Waals surface area contributed by atoms with Gasteiger partial charge < -0.3 is 14.6 Å². The highest BCUT2D eigenvalue weighted by molar-refractivity contribution is 5.70. The lowest BCUT2D eigenvalue weighted by molar-refractivity contribution is -0.161. The highest BCUT2D eigenvalue weighted by atomic mass is 16.6. The van der Waals surface area contributed by atoms with Crippen LogP contribution >= 0.6 is 0 Å². The molecule has 450 valence electrons. The number of hydrogen-bond acceptors (Lipinski definition) is 5. The molecule has 1 unspecified atom stereocenters. The van der Waals surface area contributed by atoms with Crippen molar-refractivity contribution < 1.29 is 24.2 Å². The fourth-order valence-corrected chi connectivity index (χ4v) is 9.83. The summed E-state index contributed by atoms with van der Waals surface area (Å²) in [6.07, 6.45) is 97.2. The van der Waals surface area contributed by atoms with Crippen molar-refractivity contribution in [1.82, 2.24) is 0 Å². The number of esters is 2. The molecule has 1 N–H and O–H groups in total. The van der Waals surface area contributed by atoms with E-state index in [1.165, 1.54) is 225 Å². The molecule has 0 saturated carbocycles. The Morgan fingerprint density at radius 3 is 0.833 bits per heavy atom. The molecule has 0 aliphatic carbocycles. The third-order valence-corrected chi connectivity index (χ3v) is 14.9. The molecule has 0 aliphatic heterocycles. The molecule has 0 radical (unpaired) electrons. The molecule has 0 aromatic heterocycles. The number of hydrogen-bond donors (Lipinski definition) is 1. The lowest BCUT2D eigenvalue weighted by Gasteiger charge is -2.15. The van der Waals surface area contributed by atoms with Crippen LogP contribution in [0.5, 0.6) is 0 Å². The quantitative estimate of drug-likeness (QED) is 0.0373. The molecule has 0 heterocycles. The SMILES string of the molecule is CC/C=C\C/C=C\C/C=C\C/C=C\C/C=C\C/C=C\CCCCCCCCCCCCCCCCCCCCCCCCC(=O)OC(CO)COC(=O)CCCCCCCCCCCCC/C=C\C/C=C\CCCCCCC. The third-order valence-electron chi connectivity index (χ3n) is 14.9. The Hall–Kier alpha value is -3.18. The average molecular weight is 1090 g/mol. The van der Waals surface area contributed by atoms with Gasteiger partial charge in [0, 0.05) is 12.8 Å². The summed E-state index contributed by atoms with van der Waals surface area (Å²) in [5.41, 5.74) is 0. The zero-order valence-electron chi connectivity index (χ0n) is 51.7. The number of rotatable bonds is 62. The number of allylic oxidation sites excluding steroid dienone is 16. The smallest absolute Gasteiger partial charge is 0.306 e. The predicted molar refractivity (Wildman–Crippen MR) is 343 cm³/mol. The van der Waals surface area contributed by atoms with Crippen molar-refractivity contribution in [2.24, 2.45) is 0 Å². The Morgan fingerprint density at radius 1 is 0.308 bits per heavy atom. The van der Waals surface area contributed by atoms with Crippen molar-refractivity contribution in [2.75, 3.05) is 13.2 Å². The number of aliphatic hydroxyl groups is 1. The van der Waals surface area contributed by atoms with Crippen molar-refractivity contribution in [3.05, 3.63) is 97.2 Å². The van der Waals surface area contributed by atoms with E-state index in [1.54, 1.807) is 0 Å². The van der Waals surface area contributed by atoms with Crippen LogP contribution < -0.4 is 0 Å². The van der Waals surface area contributed by atoms with Crippen molar-refractivity contribution >= 4 is 11.9 Å².